The number of amides is 2. The van der Waals surface area contributed by atoms with E-state index in [1.807, 2.05) is 47.8 Å². The number of carbonyl (C=O) groups is 2. The number of anilines is 2. The Morgan fingerprint density at radius 2 is 2.00 bits per heavy atom. The summed E-state index contributed by atoms with van der Waals surface area (Å²) in [4.78, 5) is 33.1. The van der Waals surface area contributed by atoms with Crippen LogP contribution < -0.4 is 10.2 Å². The summed E-state index contributed by atoms with van der Waals surface area (Å²) in [5, 5.41) is 12.4. The van der Waals surface area contributed by atoms with E-state index in [4.69, 9.17) is 0 Å². The maximum Gasteiger partial charge on any atom is 0.265 e. The summed E-state index contributed by atoms with van der Waals surface area (Å²) >= 11 is 2.45. The van der Waals surface area contributed by atoms with Gasteiger partial charge >= 0.3 is 0 Å². The highest BCUT2D eigenvalue weighted by molar-refractivity contribution is 7.99. The number of nitrogens with zero attached hydrogens (tertiary/aromatic N) is 6. The molecule has 0 saturated carbocycles. The number of thiazole rings is 1. The van der Waals surface area contributed by atoms with E-state index in [0.717, 1.165) is 11.3 Å². The summed E-state index contributed by atoms with van der Waals surface area (Å²) in [5.74, 6) is 0.469. The molecule has 0 spiro atoms. The quantitative estimate of drug-likeness (QED) is 0.367. The third-order valence-electron chi connectivity index (χ3n) is 4.62. The zero-order valence-electron chi connectivity index (χ0n) is 19.3. The standard InChI is InChI=1S/C22H27N7O2S2/c1-7-11-29-19(15-9-8-10-16(12-15)27(3)4)25-26-22(29)32-13-17(30)24-21-23-14(2)18(33-21)20(31)28(5)6/h7-10,12H,1,11,13H2,2-6H3,(H,23,24,30). The van der Waals surface area contributed by atoms with Crippen molar-refractivity contribution in [2.45, 2.75) is 18.6 Å². The van der Waals surface area contributed by atoms with Gasteiger partial charge in [0.1, 0.15) is 4.88 Å². The first-order valence-electron chi connectivity index (χ1n) is 10.1. The second kappa shape index (κ2) is 10.6. The Morgan fingerprint density at radius 3 is 2.67 bits per heavy atom. The molecule has 174 valence electrons. The number of hydrogen-bond donors (Lipinski definition) is 1. The molecule has 9 nitrogen and oxygen atoms in total. The number of carbonyl (C=O) groups excluding carboxylic acids is 2. The summed E-state index contributed by atoms with van der Waals surface area (Å²) in [7, 11) is 7.33. The highest BCUT2D eigenvalue weighted by atomic mass is 32.2. The molecule has 0 unspecified atom stereocenters. The number of aromatic nitrogens is 4. The maximum atomic E-state index is 12.5. The molecular formula is C22H27N7O2S2. The molecule has 0 saturated heterocycles. The minimum atomic E-state index is -0.234. The molecule has 0 radical (unpaired) electrons. The number of rotatable bonds is 9. The average molecular weight is 486 g/mol. The molecule has 3 aromatic rings. The van der Waals surface area contributed by atoms with Crippen LogP contribution in [0.1, 0.15) is 15.4 Å². The second-order valence-electron chi connectivity index (χ2n) is 7.62. The van der Waals surface area contributed by atoms with E-state index in [0.29, 0.717) is 33.2 Å². The molecule has 2 amide bonds. The predicted octanol–water partition coefficient (Wildman–Crippen LogP) is 3.39. The van der Waals surface area contributed by atoms with E-state index < -0.39 is 0 Å². The fourth-order valence-electron chi connectivity index (χ4n) is 2.96. The largest absolute Gasteiger partial charge is 0.378 e. The number of thioether (sulfide) groups is 1. The maximum absolute atomic E-state index is 12.5. The molecule has 2 aromatic heterocycles. The lowest BCUT2D eigenvalue weighted by Crippen LogP contribution is -2.21. The van der Waals surface area contributed by atoms with Gasteiger partial charge in [-0.2, -0.15) is 0 Å². The van der Waals surface area contributed by atoms with Crippen molar-refractivity contribution in [2.75, 3.05) is 44.2 Å². The van der Waals surface area contributed by atoms with Crippen molar-refractivity contribution >= 4 is 45.7 Å². The molecule has 0 atom stereocenters. The van der Waals surface area contributed by atoms with Crippen molar-refractivity contribution < 1.29 is 9.59 Å². The van der Waals surface area contributed by atoms with E-state index >= 15 is 0 Å². The van der Waals surface area contributed by atoms with Crippen LogP contribution in [0.4, 0.5) is 10.8 Å². The zero-order valence-corrected chi connectivity index (χ0v) is 21.0. The van der Waals surface area contributed by atoms with Crippen LogP contribution in [-0.4, -0.2) is 70.4 Å². The predicted molar refractivity (Wildman–Crippen MR) is 134 cm³/mol. The van der Waals surface area contributed by atoms with E-state index in [9.17, 15) is 9.59 Å². The fourth-order valence-corrected chi connectivity index (χ4v) is 4.71. The Morgan fingerprint density at radius 1 is 1.24 bits per heavy atom. The van der Waals surface area contributed by atoms with Crippen molar-refractivity contribution in [1.29, 1.82) is 0 Å². The van der Waals surface area contributed by atoms with Gasteiger partial charge in [0.15, 0.2) is 16.1 Å². The van der Waals surface area contributed by atoms with Gasteiger partial charge in [0, 0.05) is 46.0 Å². The van der Waals surface area contributed by atoms with Crippen LogP contribution in [0.2, 0.25) is 0 Å². The third kappa shape index (κ3) is 5.79. The molecule has 0 fully saturated rings. The molecule has 0 aliphatic carbocycles. The van der Waals surface area contributed by atoms with Gasteiger partial charge < -0.3 is 15.1 Å². The van der Waals surface area contributed by atoms with Crippen molar-refractivity contribution in [1.82, 2.24) is 24.6 Å². The van der Waals surface area contributed by atoms with Crippen molar-refractivity contribution in [2.24, 2.45) is 0 Å². The van der Waals surface area contributed by atoms with Gasteiger partial charge in [0.2, 0.25) is 5.91 Å². The Balaban J connectivity index is 1.72. The summed E-state index contributed by atoms with van der Waals surface area (Å²) in [5.41, 5.74) is 2.58. The molecule has 2 heterocycles. The van der Waals surface area contributed by atoms with Crippen LogP contribution in [0.15, 0.2) is 42.1 Å². The molecule has 0 aliphatic heterocycles. The van der Waals surface area contributed by atoms with Gasteiger partial charge in [-0.25, -0.2) is 4.98 Å². The molecular weight excluding hydrogens is 458 g/mol. The van der Waals surface area contributed by atoms with Gasteiger partial charge in [0.25, 0.3) is 5.91 Å². The Hall–Kier alpha value is -3.18. The summed E-state index contributed by atoms with van der Waals surface area (Å²) in [6.07, 6.45) is 1.77. The van der Waals surface area contributed by atoms with Gasteiger partial charge in [0.05, 0.1) is 11.4 Å². The normalized spacial score (nSPS) is 10.7. The summed E-state index contributed by atoms with van der Waals surface area (Å²) in [6.45, 7) is 6.10. The number of benzene rings is 1. The van der Waals surface area contributed by atoms with Gasteiger partial charge in [-0.3, -0.25) is 14.2 Å². The zero-order chi connectivity index (χ0) is 24.1. The third-order valence-corrected chi connectivity index (χ3v) is 6.65. The van der Waals surface area contributed by atoms with Gasteiger partial charge in [-0.1, -0.05) is 41.3 Å². The number of allylic oxidation sites excluding steroid dienone is 1. The van der Waals surface area contributed by atoms with Gasteiger partial charge in [-0.15, -0.1) is 16.8 Å². The molecule has 0 bridgehead atoms. The number of hydrogen-bond acceptors (Lipinski definition) is 8. The van der Waals surface area contributed by atoms with E-state index in [2.05, 4.69) is 27.1 Å². The fraction of sp³-hybridized carbons (Fsp3) is 0.318. The molecule has 11 heteroatoms. The van der Waals surface area contributed by atoms with Crippen molar-refractivity contribution in [3.05, 3.63) is 47.5 Å². The second-order valence-corrected chi connectivity index (χ2v) is 9.56. The SMILES string of the molecule is C=CCn1c(SCC(=O)Nc2nc(C)c(C(=O)N(C)C)s2)nnc1-c1cccc(N(C)C)c1. The number of nitrogens with one attached hydrogen (secondary N) is 1. The van der Waals surface area contributed by atoms with E-state index in [1.165, 1.54) is 28.0 Å². The highest BCUT2D eigenvalue weighted by Gasteiger charge is 2.19. The van der Waals surface area contributed by atoms with Crippen LogP contribution in [0.5, 0.6) is 0 Å². The molecule has 1 N–H and O–H groups in total. The monoisotopic (exact) mass is 485 g/mol. The number of aryl methyl sites for hydroxylation is 1. The van der Waals surface area contributed by atoms with E-state index in [1.54, 1.807) is 27.1 Å². The lowest BCUT2D eigenvalue weighted by molar-refractivity contribution is -0.113. The topological polar surface area (TPSA) is 96.2 Å². The van der Waals surface area contributed by atoms with E-state index in [-0.39, 0.29) is 17.6 Å². The Labute approximate surface area is 201 Å². The smallest absolute Gasteiger partial charge is 0.265 e. The lowest BCUT2D eigenvalue weighted by Gasteiger charge is -2.14. The lowest BCUT2D eigenvalue weighted by atomic mass is 10.2. The molecule has 1 aromatic carbocycles. The van der Waals surface area contributed by atoms with Crippen LogP contribution in [0.3, 0.4) is 0 Å². The Kier molecular flexibility index (Phi) is 7.88. The van der Waals surface area contributed by atoms with Crippen LogP contribution >= 0.6 is 23.1 Å². The average Bonchev–Trinajstić information content (AvgIpc) is 3.34. The Bertz CT molecular complexity index is 1170. The van der Waals surface area contributed by atoms with Gasteiger partial charge in [-0.05, 0) is 19.1 Å². The molecule has 0 aliphatic rings. The van der Waals surface area contributed by atoms with Crippen LogP contribution in [0.25, 0.3) is 11.4 Å². The summed E-state index contributed by atoms with van der Waals surface area (Å²) in [6, 6.07) is 8.02. The van der Waals surface area contributed by atoms with Crippen molar-refractivity contribution in [3.8, 4) is 11.4 Å². The highest BCUT2D eigenvalue weighted by Crippen LogP contribution is 2.27. The van der Waals surface area contributed by atoms with Crippen LogP contribution in [0, 0.1) is 6.92 Å². The first-order chi connectivity index (χ1) is 15.7. The van der Waals surface area contributed by atoms with Crippen molar-refractivity contribution in [3.63, 3.8) is 0 Å². The minimum absolute atomic E-state index is 0.128. The van der Waals surface area contributed by atoms with Crippen LogP contribution in [-0.2, 0) is 11.3 Å². The minimum Gasteiger partial charge on any atom is -0.378 e. The summed E-state index contributed by atoms with van der Waals surface area (Å²) < 4.78 is 1.93. The first-order valence-corrected chi connectivity index (χ1v) is 11.9. The molecule has 3 rings (SSSR count). The first kappa shape index (κ1) is 24.5. The molecule has 33 heavy (non-hydrogen) atoms.